The van der Waals surface area contributed by atoms with Crippen LogP contribution in [-0.2, 0) is 13.0 Å². The van der Waals surface area contributed by atoms with Gasteiger partial charge in [0.15, 0.2) is 0 Å². The van der Waals surface area contributed by atoms with Crippen LogP contribution >= 0.6 is 0 Å². The molecule has 1 aromatic heterocycles. The largest absolute Gasteiger partial charge is 0.352 e. The van der Waals surface area contributed by atoms with Crippen molar-refractivity contribution in [3.8, 4) is 0 Å². The fraction of sp³-hybridized carbons (Fsp3) is 0.238. The van der Waals surface area contributed by atoms with Crippen LogP contribution < -0.4 is 10.2 Å². The summed E-state index contributed by atoms with van der Waals surface area (Å²) in [6, 6.07) is 15.2. The summed E-state index contributed by atoms with van der Waals surface area (Å²) in [4.78, 5) is 11.5. The first kappa shape index (κ1) is 16.5. The maximum absolute atomic E-state index is 13.3. The van der Waals surface area contributed by atoms with E-state index in [0.29, 0.717) is 5.95 Å². The SMILES string of the molecule is Cc1cc(N2CCc3ccccc3C2)nc(Nc2ccc(F)cc2C)n1. The Labute approximate surface area is 152 Å². The number of anilines is 3. The van der Waals surface area contributed by atoms with E-state index < -0.39 is 0 Å². The van der Waals surface area contributed by atoms with E-state index in [1.807, 2.05) is 19.9 Å². The summed E-state index contributed by atoms with van der Waals surface area (Å²) < 4.78 is 13.3. The number of halogens is 1. The first-order valence-electron chi connectivity index (χ1n) is 8.79. The van der Waals surface area contributed by atoms with Gasteiger partial charge >= 0.3 is 0 Å². The van der Waals surface area contributed by atoms with Gasteiger partial charge in [0.05, 0.1) is 0 Å². The molecular formula is C21H21FN4. The van der Waals surface area contributed by atoms with Gasteiger partial charge in [0, 0.05) is 30.5 Å². The van der Waals surface area contributed by atoms with Gasteiger partial charge in [-0.1, -0.05) is 24.3 Å². The number of benzene rings is 2. The number of aryl methyl sites for hydroxylation is 2. The molecule has 132 valence electrons. The first-order valence-corrected chi connectivity index (χ1v) is 8.79. The molecule has 4 rings (SSSR count). The average Bonchev–Trinajstić information content (AvgIpc) is 2.63. The molecule has 4 nitrogen and oxygen atoms in total. The highest BCUT2D eigenvalue weighted by atomic mass is 19.1. The minimum absolute atomic E-state index is 0.245. The molecular weight excluding hydrogens is 327 g/mol. The number of nitrogens with one attached hydrogen (secondary N) is 1. The van der Waals surface area contributed by atoms with E-state index in [9.17, 15) is 4.39 Å². The van der Waals surface area contributed by atoms with Gasteiger partial charge < -0.3 is 10.2 Å². The molecule has 5 heteroatoms. The van der Waals surface area contributed by atoms with Gasteiger partial charge in [-0.05, 0) is 55.2 Å². The van der Waals surface area contributed by atoms with E-state index in [2.05, 4.69) is 39.5 Å². The second-order valence-electron chi connectivity index (χ2n) is 6.72. The van der Waals surface area contributed by atoms with Crippen molar-refractivity contribution < 1.29 is 4.39 Å². The molecule has 1 aliphatic rings. The van der Waals surface area contributed by atoms with Gasteiger partial charge in [0.2, 0.25) is 5.95 Å². The number of rotatable bonds is 3. The zero-order valence-electron chi connectivity index (χ0n) is 15.0. The molecule has 0 unspecified atom stereocenters. The van der Waals surface area contributed by atoms with Crippen LogP contribution in [0.1, 0.15) is 22.4 Å². The van der Waals surface area contributed by atoms with Crippen LogP contribution in [0.25, 0.3) is 0 Å². The summed E-state index contributed by atoms with van der Waals surface area (Å²) in [5.41, 5.74) is 5.29. The van der Waals surface area contributed by atoms with Gasteiger partial charge in [-0.2, -0.15) is 4.98 Å². The smallest absolute Gasteiger partial charge is 0.229 e. The number of hydrogen-bond acceptors (Lipinski definition) is 4. The second-order valence-corrected chi connectivity index (χ2v) is 6.72. The Balaban J connectivity index is 1.61. The lowest BCUT2D eigenvalue weighted by molar-refractivity contribution is 0.627. The van der Waals surface area contributed by atoms with E-state index in [1.54, 1.807) is 6.07 Å². The Morgan fingerprint density at radius 2 is 1.81 bits per heavy atom. The van der Waals surface area contributed by atoms with Crippen LogP contribution in [0.5, 0.6) is 0 Å². The molecule has 0 fully saturated rings. The summed E-state index contributed by atoms with van der Waals surface area (Å²) in [7, 11) is 0. The van der Waals surface area contributed by atoms with Crippen LogP contribution in [0.4, 0.5) is 21.8 Å². The third-order valence-electron chi connectivity index (χ3n) is 4.73. The number of fused-ring (bicyclic) bond motifs is 1. The van der Waals surface area contributed by atoms with E-state index in [4.69, 9.17) is 4.98 Å². The molecule has 0 spiro atoms. The lowest BCUT2D eigenvalue weighted by Gasteiger charge is -2.30. The third kappa shape index (κ3) is 3.38. The summed E-state index contributed by atoms with van der Waals surface area (Å²) in [5, 5.41) is 3.22. The molecule has 0 radical (unpaired) electrons. The standard InChI is InChI=1S/C21H21FN4/c1-14-11-18(22)7-8-19(14)24-21-23-15(2)12-20(25-21)26-10-9-16-5-3-4-6-17(16)13-26/h3-8,11-12H,9-10,13H2,1-2H3,(H,23,24,25). The minimum atomic E-state index is -0.245. The molecule has 0 saturated heterocycles. The quantitative estimate of drug-likeness (QED) is 0.754. The Morgan fingerprint density at radius 3 is 2.62 bits per heavy atom. The van der Waals surface area contributed by atoms with Crippen molar-refractivity contribution in [2.24, 2.45) is 0 Å². The van der Waals surface area contributed by atoms with Crippen molar-refractivity contribution in [1.29, 1.82) is 0 Å². The second kappa shape index (κ2) is 6.75. The summed E-state index contributed by atoms with van der Waals surface area (Å²) in [6.07, 6.45) is 1.01. The molecule has 1 aliphatic heterocycles. The van der Waals surface area contributed by atoms with Crippen LogP contribution in [0, 0.1) is 19.7 Å². The number of aromatic nitrogens is 2. The van der Waals surface area contributed by atoms with E-state index in [0.717, 1.165) is 42.3 Å². The fourth-order valence-electron chi connectivity index (χ4n) is 3.35. The molecule has 1 N–H and O–H groups in total. The Hall–Kier alpha value is -2.95. The van der Waals surface area contributed by atoms with Crippen molar-refractivity contribution in [3.05, 3.63) is 76.7 Å². The molecule has 0 aliphatic carbocycles. The van der Waals surface area contributed by atoms with Crippen molar-refractivity contribution >= 4 is 17.5 Å². The van der Waals surface area contributed by atoms with Crippen molar-refractivity contribution in [2.75, 3.05) is 16.8 Å². The molecule has 0 amide bonds. The maximum atomic E-state index is 13.3. The summed E-state index contributed by atoms with van der Waals surface area (Å²) >= 11 is 0. The number of nitrogens with zero attached hydrogens (tertiary/aromatic N) is 3. The van der Waals surface area contributed by atoms with Gasteiger partial charge in [-0.15, -0.1) is 0 Å². The van der Waals surface area contributed by atoms with Gasteiger partial charge in [-0.3, -0.25) is 0 Å². The maximum Gasteiger partial charge on any atom is 0.229 e. The van der Waals surface area contributed by atoms with Crippen molar-refractivity contribution in [2.45, 2.75) is 26.8 Å². The summed E-state index contributed by atoms with van der Waals surface area (Å²) in [5.74, 6) is 1.20. The van der Waals surface area contributed by atoms with Crippen molar-refractivity contribution in [3.63, 3.8) is 0 Å². The monoisotopic (exact) mass is 348 g/mol. The molecule has 0 saturated carbocycles. The van der Waals surface area contributed by atoms with Gasteiger partial charge in [0.1, 0.15) is 11.6 Å². The fourth-order valence-corrected chi connectivity index (χ4v) is 3.35. The lowest BCUT2D eigenvalue weighted by Crippen LogP contribution is -2.31. The Bertz CT molecular complexity index is 954. The number of hydrogen-bond donors (Lipinski definition) is 1. The molecule has 2 aromatic carbocycles. The van der Waals surface area contributed by atoms with Crippen LogP contribution in [0.15, 0.2) is 48.5 Å². The highest BCUT2D eigenvalue weighted by Crippen LogP contribution is 2.25. The zero-order valence-corrected chi connectivity index (χ0v) is 15.0. The van der Waals surface area contributed by atoms with E-state index in [-0.39, 0.29) is 5.82 Å². The average molecular weight is 348 g/mol. The Kier molecular flexibility index (Phi) is 4.29. The molecule has 0 atom stereocenters. The highest BCUT2D eigenvalue weighted by molar-refractivity contribution is 5.60. The first-order chi connectivity index (χ1) is 12.6. The lowest BCUT2D eigenvalue weighted by atomic mass is 10.00. The Morgan fingerprint density at radius 1 is 1.00 bits per heavy atom. The normalized spacial score (nSPS) is 13.4. The van der Waals surface area contributed by atoms with E-state index in [1.165, 1.54) is 23.3 Å². The predicted octanol–water partition coefficient (Wildman–Crippen LogP) is 4.54. The highest BCUT2D eigenvalue weighted by Gasteiger charge is 2.18. The molecule has 3 aromatic rings. The zero-order chi connectivity index (χ0) is 18.1. The van der Waals surface area contributed by atoms with Crippen LogP contribution in [0.3, 0.4) is 0 Å². The van der Waals surface area contributed by atoms with Gasteiger partial charge in [-0.25, -0.2) is 9.37 Å². The minimum Gasteiger partial charge on any atom is -0.352 e. The molecule has 2 heterocycles. The molecule has 26 heavy (non-hydrogen) atoms. The molecule has 0 bridgehead atoms. The van der Waals surface area contributed by atoms with Crippen LogP contribution in [-0.4, -0.2) is 16.5 Å². The van der Waals surface area contributed by atoms with Gasteiger partial charge in [0.25, 0.3) is 0 Å². The summed E-state index contributed by atoms with van der Waals surface area (Å²) in [6.45, 7) is 5.61. The van der Waals surface area contributed by atoms with Crippen molar-refractivity contribution in [1.82, 2.24) is 9.97 Å². The topological polar surface area (TPSA) is 41.1 Å². The van der Waals surface area contributed by atoms with Crippen LogP contribution in [0.2, 0.25) is 0 Å². The third-order valence-corrected chi connectivity index (χ3v) is 4.73. The predicted molar refractivity (Wildman–Crippen MR) is 102 cm³/mol. The van der Waals surface area contributed by atoms with E-state index >= 15 is 0 Å².